The second-order valence-corrected chi connectivity index (χ2v) is 6.41. The zero-order valence-corrected chi connectivity index (χ0v) is 13.4. The Morgan fingerprint density at radius 3 is 2.95 bits per heavy atom. The van der Waals surface area contributed by atoms with Gasteiger partial charge in [0.15, 0.2) is 0 Å². The van der Waals surface area contributed by atoms with Gasteiger partial charge in [0, 0.05) is 18.6 Å². The predicted octanol–water partition coefficient (Wildman–Crippen LogP) is 3.15. The fourth-order valence-electron chi connectivity index (χ4n) is 3.92. The molecule has 2 unspecified atom stereocenters. The third-order valence-corrected chi connectivity index (χ3v) is 4.97. The highest BCUT2D eigenvalue weighted by Crippen LogP contribution is 2.38. The zero-order valence-electron chi connectivity index (χ0n) is 13.4. The highest BCUT2D eigenvalue weighted by Gasteiger charge is 2.30. The summed E-state index contributed by atoms with van der Waals surface area (Å²) in [6.07, 6.45) is 6.36. The number of aryl methyl sites for hydroxylation is 1. The lowest BCUT2D eigenvalue weighted by molar-refractivity contribution is 0.180. The molecule has 0 radical (unpaired) electrons. The van der Waals surface area contributed by atoms with Crippen molar-refractivity contribution in [2.45, 2.75) is 51.1 Å². The molecule has 0 bridgehead atoms. The van der Waals surface area contributed by atoms with Crippen LogP contribution in [0.25, 0.3) is 0 Å². The standard InChI is InChI=1S/C18H28N2O/c1-3-11-20(13-15-5-4-10-19-15)18-9-7-14-6-8-16(21-2)12-17(14)18/h6,8,12,15,18-19H,3-5,7,9-11,13H2,1-2H3. The van der Waals surface area contributed by atoms with E-state index < -0.39 is 0 Å². The maximum Gasteiger partial charge on any atom is 0.119 e. The van der Waals surface area contributed by atoms with E-state index in [-0.39, 0.29) is 0 Å². The SMILES string of the molecule is CCCN(CC1CCCN1)C1CCc2ccc(OC)cc21. The summed E-state index contributed by atoms with van der Waals surface area (Å²) in [5, 5.41) is 3.65. The summed E-state index contributed by atoms with van der Waals surface area (Å²) in [5.74, 6) is 0.996. The number of hydrogen-bond acceptors (Lipinski definition) is 3. The van der Waals surface area contributed by atoms with Crippen LogP contribution >= 0.6 is 0 Å². The first-order valence-electron chi connectivity index (χ1n) is 8.46. The first-order chi connectivity index (χ1) is 10.3. The van der Waals surface area contributed by atoms with Gasteiger partial charge in [0.2, 0.25) is 0 Å². The van der Waals surface area contributed by atoms with Crippen molar-refractivity contribution in [3.63, 3.8) is 0 Å². The van der Waals surface area contributed by atoms with Crippen LogP contribution in [0.1, 0.15) is 49.8 Å². The van der Waals surface area contributed by atoms with Crippen molar-refractivity contribution in [1.82, 2.24) is 10.2 Å². The molecule has 1 saturated heterocycles. The Morgan fingerprint density at radius 2 is 2.24 bits per heavy atom. The number of ether oxygens (including phenoxy) is 1. The van der Waals surface area contributed by atoms with Crippen LogP contribution in [0.2, 0.25) is 0 Å². The minimum atomic E-state index is 0.581. The normalized spacial score (nSPS) is 24.5. The van der Waals surface area contributed by atoms with E-state index in [2.05, 4.69) is 35.3 Å². The first kappa shape index (κ1) is 14.9. The van der Waals surface area contributed by atoms with E-state index in [0.29, 0.717) is 12.1 Å². The summed E-state index contributed by atoms with van der Waals surface area (Å²) in [6.45, 7) is 5.87. The average molecular weight is 288 g/mol. The molecule has 0 saturated carbocycles. The molecule has 21 heavy (non-hydrogen) atoms. The largest absolute Gasteiger partial charge is 0.497 e. The molecule has 1 aromatic rings. The van der Waals surface area contributed by atoms with Crippen LogP contribution in [-0.2, 0) is 6.42 Å². The van der Waals surface area contributed by atoms with Gasteiger partial charge < -0.3 is 10.1 Å². The Hall–Kier alpha value is -1.06. The smallest absolute Gasteiger partial charge is 0.119 e. The molecule has 1 aliphatic heterocycles. The Morgan fingerprint density at radius 1 is 1.33 bits per heavy atom. The monoisotopic (exact) mass is 288 g/mol. The van der Waals surface area contributed by atoms with Crippen molar-refractivity contribution in [1.29, 1.82) is 0 Å². The number of nitrogens with one attached hydrogen (secondary N) is 1. The predicted molar refractivity (Wildman–Crippen MR) is 86.9 cm³/mol. The van der Waals surface area contributed by atoms with Crippen LogP contribution in [0, 0.1) is 0 Å². The van der Waals surface area contributed by atoms with Crippen LogP contribution in [0.4, 0.5) is 0 Å². The van der Waals surface area contributed by atoms with Crippen molar-refractivity contribution in [2.75, 3.05) is 26.7 Å². The van der Waals surface area contributed by atoms with E-state index >= 15 is 0 Å². The molecule has 3 nitrogen and oxygen atoms in total. The molecule has 1 N–H and O–H groups in total. The fraction of sp³-hybridized carbons (Fsp3) is 0.667. The van der Waals surface area contributed by atoms with Crippen LogP contribution in [0.5, 0.6) is 5.75 Å². The van der Waals surface area contributed by atoms with Crippen LogP contribution in [0.3, 0.4) is 0 Å². The Kier molecular flexibility index (Phi) is 4.81. The Bertz CT molecular complexity index is 468. The van der Waals surface area contributed by atoms with Crippen LogP contribution < -0.4 is 10.1 Å². The molecule has 1 aromatic carbocycles. The number of methoxy groups -OCH3 is 1. The van der Waals surface area contributed by atoms with E-state index in [0.717, 1.165) is 5.75 Å². The zero-order chi connectivity index (χ0) is 14.7. The molecule has 3 rings (SSSR count). The van der Waals surface area contributed by atoms with Gasteiger partial charge in [-0.3, -0.25) is 4.90 Å². The van der Waals surface area contributed by atoms with Crippen molar-refractivity contribution in [2.24, 2.45) is 0 Å². The quantitative estimate of drug-likeness (QED) is 0.870. The Balaban J connectivity index is 1.77. The molecule has 1 aliphatic carbocycles. The van der Waals surface area contributed by atoms with Gasteiger partial charge in [-0.2, -0.15) is 0 Å². The summed E-state index contributed by atoms with van der Waals surface area (Å²) in [7, 11) is 1.76. The number of hydrogen-bond donors (Lipinski definition) is 1. The fourth-order valence-corrected chi connectivity index (χ4v) is 3.92. The highest BCUT2D eigenvalue weighted by molar-refractivity contribution is 5.40. The molecule has 116 valence electrons. The summed E-state index contributed by atoms with van der Waals surface area (Å²) >= 11 is 0. The molecule has 1 fully saturated rings. The van der Waals surface area contributed by atoms with Gasteiger partial charge >= 0.3 is 0 Å². The van der Waals surface area contributed by atoms with E-state index in [1.165, 1.54) is 62.9 Å². The molecular formula is C18H28N2O. The topological polar surface area (TPSA) is 24.5 Å². The highest BCUT2D eigenvalue weighted by atomic mass is 16.5. The van der Waals surface area contributed by atoms with Gasteiger partial charge in [-0.15, -0.1) is 0 Å². The summed E-state index contributed by atoms with van der Waals surface area (Å²) in [5.41, 5.74) is 3.02. The average Bonchev–Trinajstić information content (AvgIpc) is 3.15. The van der Waals surface area contributed by atoms with Gasteiger partial charge in [0.05, 0.1) is 7.11 Å². The van der Waals surface area contributed by atoms with Gasteiger partial charge in [0.25, 0.3) is 0 Å². The lowest BCUT2D eigenvalue weighted by Crippen LogP contribution is -2.39. The van der Waals surface area contributed by atoms with Crippen molar-refractivity contribution in [3.05, 3.63) is 29.3 Å². The second kappa shape index (κ2) is 6.80. The maximum atomic E-state index is 5.43. The van der Waals surface area contributed by atoms with Crippen LogP contribution in [-0.4, -0.2) is 37.7 Å². The molecule has 0 aromatic heterocycles. The van der Waals surface area contributed by atoms with E-state index in [9.17, 15) is 0 Å². The number of nitrogens with zero attached hydrogens (tertiary/aromatic N) is 1. The van der Waals surface area contributed by atoms with Crippen molar-refractivity contribution < 1.29 is 4.74 Å². The van der Waals surface area contributed by atoms with Crippen LogP contribution in [0.15, 0.2) is 18.2 Å². The first-order valence-corrected chi connectivity index (χ1v) is 8.46. The lowest BCUT2D eigenvalue weighted by Gasteiger charge is -2.31. The van der Waals surface area contributed by atoms with Crippen molar-refractivity contribution >= 4 is 0 Å². The maximum absolute atomic E-state index is 5.43. The number of fused-ring (bicyclic) bond motifs is 1. The molecular weight excluding hydrogens is 260 g/mol. The molecule has 0 spiro atoms. The van der Waals surface area contributed by atoms with E-state index in [4.69, 9.17) is 4.74 Å². The summed E-state index contributed by atoms with van der Waals surface area (Å²) in [6, 6.07) is 7.89. The van der Waals surface area contributed by atoms with Crippen molar-refractivity contribution in [3.8, 4) is 5.75 Å². The number of rotatable bonds is 6. The lowest BCUT2D eigenvalue weighted by atomic mass is 10.0. The Labute approximate surface area is 128 Å². The molecule has 2 atom stereocenters. The van der Waals surface area contributed by atoms with E-state index in [1.54, 1.807) is 7.11 Å². The van der Waals surface area contributed by atoms with Gasteiger partial charge in [-0.05, 0) is 68.5 Å². The third-order valence-electron chi connectivity index (χ3n) is 4.97. The molecule has 0 amide bonds. The number of benzene rings is 1. The van der Waals surface area contributed by atoms with E-state index in [1.807, 2.05) is 0 Å². The molecule has 3 heteroatoms. The third kappa shape index (κ3) is 3.24. The minimum absolute atomic E-state index is 0.581. The van der Waals surface area contributed by atoms with Gasteiger partial charge in [-0.25, -0.2) is 0 Å². The van der Waals surface area contributed by atoms with Gasteiger partial charge in [0.1, 0.15) is 5.75 Å². The van der Waals surface area contributed by atoms with Gasteiger partial charge in [-0.1, -0.05) is 13.0 Å². The molecule has 2 aliphatic rings. The molecule has 1 heterocycles. The summed E-state index contributed by atoms with van der Waals surface area (Å²) < 4.78 is 5.43. The minimum Gasteiger partial charge on any atom is -0.497 e. The summed E-state index contributed by atoms with van der Waals surface area (Å²) in [4.78, 5) is 2.70. The second-order valence-electron chi connectivity index (χ2n) is 6.41.